The van der Waals surface area contributed by atoms with Gasteiger partial charge in [0, 0.05) is 32.5 Å². The van der Waals surface area contributed by atoms with Crippen molar-refractivity contribution in [3.8, 4) is 0 Å². The average Bonchev–Trinajstić information content (AvgIpc) is 2.49. The molecule has 1 N–H and O–H groups in total. The molecule has 4 heteroatoms. The molecule has 21 heavy (non-hydrogen) atoms. The van der Waals surface area contributed by atoms with Crippen LogP contribution in [0.4, 0.5) is 5.69 Å². The zero-order valence-corrected chi connectivity index (χ0v) is 13.9. The van der Waals surface area contributed by atoms with Gasteiger partial charge in [0.25, 0.3) is 0 Å². The predicted octanol–water partition coefficient (Wildman–Crippen LogP) is 5.69. The van der Waals surface area contributed by atoms with E-state index >= 15 is 0 Å². The van der Waals surface area contributed by atoms with E-state index in [9.17, 15) is 4.79 Å². The molecular weight excluding hydrogens is 350 g/mol. The summed E-state index contributed by atoms with van der Waals surface area (Å²) in [6, 6.07) is 14.7. The second kappa shape index (κ2) is 7.43. The van der Waals surface area contributed by atoms with E-state index in [4.69, 9.17) is 11.6 Å². The van der Waals surface area contributed by atoms with Crippen LogP contribution in [0, 0.1) is 0 Å². The Bertz CT molecular complexity index is 647. The van der Waals surface area contributed by atoms with E-state index in [1.165, 1.54) is 0 Å². The Hall–Kier alpha value is -1.58. The molecular formula is C17H15BrClNO. The summed E-state index contributed by atoms with van der Waals surface area (Å²) in [6.45, 7) is 2.01. The van der Waals surface area contributed by atoms with Crippen molar-refractivity contribution in [1.82, 2.24) is 0 Å². The standard InChI is InChI=1S/C17H15BrClNO/c1-2-15(20-16-9-5-13(18)6-10-16)11-17(21)12-3-7-14(19)8-4-12/h3-11,20H,2H2,1H3/b15-11-. The summed E-state index contributed by atoms with van der Waals surface area (Å²) in [5, 5.41) is 3.89. The third-order valence-corrected chi connectivity index (χ3v) is 3.74. The van der Waals surface area contributed by atoms with Crippen LogP contribution in [0.3, 0.4) is 0 Å². The van der Waals surface area contributed by atoms with Crippen LogP contribution in [-0.4, -0.2) is 5.78 Å². The summed E-state index contributed by atoms with van der Waals surface area (Å²) in [5.41, 5.74) is 2.45. The van der Waals surface area contributed by atoms with Gasteiger partial charge in [-0.1, -0.05) is 34.5 Å². The zero-order valence-electron chi connectivity index (χ0n) is 11.6. The first kappa shape index (κ1) is 15.8. The van der Waals surface area contributed by atoms with Crippen LogP contribution in [-0.2, 0) is 0 Å². The van der Waals surface area contributed by atoms with Crippen LogP contribution in [0.15, 0.2) is 64.8 Å². The minimum Gasteiger partial charge on any atom is -0.359 e. The fraction of sp³-hybridized carbons (Fsp3) is 0.118. The molecule has 0 aromatic heterocycles. The third-order valence-electron chi connectivity index (χ3n) is 2.96. The van der Waals surface area contributed by atoms with Gasteiger partial charge in [0.1, 0.15) is 0 Å². The van der Waals surface area contributed by atoms with E-state index in [1.54, 1.807) is 30.3 Å². The molecule has 0 heterocycles. The molecule has 0 saturated heterocycles. The van der Waals surface area contributed by atoms with Gasteiger partial charge in [-0.15, -0.1) is 0 Å². The summed E-state index contributed by atoms with van der Waals surface area (Å²) in [7, 11) is 0. The van der Waals surface area contributed by atoms with Gasteiger partial charge in [0.15, 0.2) is 5.78 Å². The molecule has 0 spiro atoms. The Morgan fingerprint density at radius 1 is 1.14 bits per heavy atom. The second-order valence-electron chi connectivity index (χ2n) is 4.53. The third kappa shape index (κ3) is 4.73. The lowest BCUT2D eigenvalue weighted by Crippen LogP contribution is -2.03. The number of nitrogens with one attached hydrogen (secondary N) is 1. The van der Waals surface area contributed by atoms with Crippen molar-refractivity contribution in [2.45, 2.75) is 13.3 Å². The summed E-state index contributed by atoms with van der Waals surface area (Å²) < 4.78 is 1.02. The van der Waals surface area contributed by atoms with Crippen LogP contribution >= 0.6 is 27.5 Å². The van der Waals surface area contributed by atoms with Crippen LogP contribution < -0.4 is 5.32 Å². The van der Waals surface area contributed by atoms with Crippen LogP contribution in [0.25, 0.3) is 0 Å². The van der Waals surface area contributed by atoms with Gasteiger partial charge in [-0.3, -0.25) is 4.79 Å². The smallest absolute Gasteiger partial charge is 0.187 e. The molecule has 0 saturated carbocycles. The Balaban J connectivity index is 2.14. The highest BCUT2D eigenvalue weighted by molar-refractivity contribution is 9.10. The van der Waals surface area contributed by atoms with Crippen LogP contribution in [0.1, 0.15) is 23.7 Å². The largest absolute Gasteiger partial charge is 0.359 e. The Labute approximate surface area is 138 Å². The highest BCUT2D eigenvalue weighted by Gasteiger charge is 2.05. The van der Waals surface area contributed by atoms with Crippen molar-refractivity contribution in [2.75, 3.05) is 5.32 Å². The number of hydrogen-bond acceptors (Lipinski definition) is 2. The summed E-state index contributed by atoms with van der Waals surface area (Å²) in [6.07, 6.45) is 2.38. The first-order valence-corrected chi connectivity index (χ1v) is 7.78. The van der Waals surface area contributed by atoms with Gasteiger partial charge < -0.3 is 5.32 Å². The van der Waals surface area contributed by atoms with Gasteiger partial charge >= 0.3 is 0 Å². The van der Waals surface area contributed by atoms with E-state index in [1.807, 2.05) is 31.2 Å². The van der Waals surface area contributed by atoms with E-state index in [2.05, 4.69) is 21.2 Å². The van der Waals surface area contributed by atoms with Crippen molar-refractivity contribution in [1.29, 1.82) is 0 Å². The number of benzene rings is 2. The van der Waals surface area contributed by atoms with E-state index in [0.717, 1.165) is 22.3 Å². The first-order chi connectivity index (χ1) is 10.1. The van der Waals surface area contributed by atoms with Gasteiger partial charge in [-0.05, 0) is 55.0 Å². The Kier molecular flexibility index (Phi) is 5.59. The molecule has 2 nitrogen and oxygen atoms in total. The summed E-state index contributed by atoms with van der Waals surface area (Å²) in [4.78, 5) is 12.2. The molecule has 0 fully saturated rings. The molecule has 2 aromatic rings. The highest BCUT2D eigenvalue weighted by Crippen LogP contribution is 2.17. The number of carbonyl (C=O) groups excluding carboxylic acids is 1. The lowest BCUT2D eigenvalue weighted by atomic mass is 10.1. The molecule has 2 aromatic carbocycles. The van der Waals surface area contributed by atoms with Crippen LogP contribution in [0.5, 0.6) is 0 Å². The van der Waals surface area contributed by atoms with Gasteiger partial charge in [-0.25, -0.2) is 0 Å². The number of allylic oxidation sites excluding steroid dienone is 2. The maximum atomic E-state index is 12.2. The number of anilines is 1. The van der Waals surface area contributed by atoms with Crippen molar-refractivity contribution in [3.05, 3.63) is 75.4 Å². The zero-order chi connectivity index (χ0) is 15.2. The fourth-order valence-electron chi connectivity index (χ4n) is 1.80. The number of ketones is 1. The number of rotatable bonds is 5. The Morgan fingerprint density at radius 3 is 2.33 bits per heavy atom. The normalized spacial score (nSPS) is 11.3. The van der Waals surface area contributed by atoms with Crippen molar-refractivity contribution >= 4 is 39.0 Å². The number of halogens is 2. The van der Waals surface area contributed by atoms with E-state index < -0.39 is 0 Å². The maximum Gasteiger partial charge on any atom is 0.187 e. The summed E-state index contributed by atoms with van der Waals surface area (Å²) in [5.74, 6) is -0.0341. The van der Waals surface area contributed by atoms with Crippen molar-refractivity contribution in [3.63, 3.8) is 0 Å². The summed E-state index contributed by atoms with van der Waals surface area (Å²) >= 11 is 9.22. The Morgan fingerprint density at radius 2 is 1.76 bits per heavy atom. The second-order valence-corrected chi connectivity index (χ2v) is 5.88. The van der Waals surface area contributed by atoms with Gasteiger partial charge in [0.2, 0.25) is 0 Å². The molecule has 0 aliphatic heterocycles. The maximum absolute atomic E-state index is 12.2. The van der Waals surface area contributed by atoms with E-state index in [-0.39, 0.29) is 5.78 Å². The van der Waals surface area contributed by atoms with E-state index in [0.29, 0.717) is 10.6 Å². The molecule has 0 atom stereocenters. The molecule has 0 aliphatic rings. The first-order valence-electron chi connectivity index (χ1n) is 6.61. The molecule has 0 aliphatic carbocycles. The van der Waals surface area contributed by atoms with Crippen LogP contribution in [0.2, 0.25) is 5.02 Å². The SMILES string of the molecule is CC/C(=C/C(=O)c1ccc(Cl)cc1)Nc1ccc(Br)cc1. The highest BCUT2D eigenvalue weighted by atomic mass is 79.9. The minimum atomic E-state index is -0.0341. The molecule has 0 bridgehead atoms. The quantitative estimate of drug-likeness (QED) is 0.545. The van der Waals surface area contributed by atoms with Crippen molar-refractivity contribution in [2.24, 2.45) is 0 Å². The minimum absolute atomic E-state index is 0.0341. The molecule has 0 unspecified atom stereocenters. The predicted molar refractivity (Wildman–Crippen MR) is 91.9 cm³/mol. The fourth-order valence-corrected chi connectivity index (χ4v) is 2.19. The average molecular weight is 365 g/mol. The molecule has 108 valence electrons. The monoisotopic (exact) mass is 363 g/mol. The topological polar surface area (TPSA) is 29.1 Å². The lowest BCUT2D eigenvalue weighted by Gasteiger charge is -2.09. The number of hydrogen-bond donors (Lipinski definition) is 1. The number of carbonyl (C=O) groups is 1. The van der Waals surface area contributed by atoms with Gasteiger partial charge in [0.05, 0.1) is 0 Å². The van der Waals surface area contributed by atoms with Crippen molar-refractivity contribution < 1.29 is 4.79 Å². The molecule has 0 radical (unpaired) electrons. The molecule has 2 rings (SSSR count). The molecule has 0 amide bonds. The lowest BCUT2D eigenvalue weighted by molar-refractivity contribution is 0.104. The van der Waals surface area contributed by atoms with Gasteiger partial charge in [-0.2, -0.15) is 0 Å².